The van der Waals surface area contributed by atoms with E-state index in [9.17, 15) is 9.90 Å². The van der Waals surface area contributed by atoms with E-state index in [1.54, 1.807) is 6.20 Å². The lowest BCUT2D eigenvalue weighted by molar-refractivity contribution is 0.0776. The summed E-state index contributed by atoms with van der Waals surface area (Å²) >= 11 is 0. The van der Waals surface area contributed by atoms with Crippen LogP contribution >= 0.6 is 0 Å². The fraction of sp³-hybridized carbons (Fsp3) is 0.700. The predicted molar refractivity (Wildman–Crippen MR) is 100 cm³/mol. The van der Waals surface area contributed by atoms with Gasteiger partial charge in [0.05, 0.1) is 5.56 Å². The van der Waals surface area contributed by atoms with E-state index < -0.39 is 0 Å². The van der Waals surface area contributed by atoms with Crippen LogP contribution < -0.4 is 0 Å². The van der Waals surface area contributed by atoms with E-state index >= 15 is 0 Å². The maximum atomic E-state index is 13.0. The van der Waals surface area contributed by atoms with Crippen molar-refractivity contribution in [2.24, 2.45) is 11.8 Å². The lowest BCUT2D eigenvalue weighted by Gasteiger charge is -2.34. The van der Waals surface area contributed by atoms with Crippen molar-refractivity contribution in [3.63, 3.8) is 0 Å². The van der Waals surface area contributed by atoms with Crippen LogP contribution in [0.2, 0.25) is 0 Å². The van der Waals surface area contributed by atoms with Crippen LogP contribution in [0.5, 0.6) is 0 Å². The van der Waals surface area contributed by atoms with Gasteiger partial charge in [-0.3, -0.25) is 9.78 Å². The van der Waals surface area contributed by atoms with Gasteiger partial charge in [-0.2, -0.15) is 0 Å². The summed E-state index contributed by atoms with van der Waals surface area (Å²) in [5.74, 6) is 0.613. The summed E-state index contributed by atoms with van der Waals surface area (Å²) < 4.78 is 0. The van der Waals surface area contributed by atoms with Gasteiger partial charge in [-0.15, -0.1) is 0 Å². The summed E-state index contributed by atoms with van der Waals surface area (Å²) in [5.41, 5.74) is 3.11. The Balaban J connectivity index is 1.40. The Morgan fingerprint density at radius 2 is 1.96 bits per heavy atom. The van der Waals surface area contributed by atoms with Crippen molar-refractivity contribution < 1.29 is 9.90 Å². The number of hydrogen-bond acceptors (Lipinski definition) is 5. The summed E-state index contributed by atoms with van der Waals surface area (Å²) in [4.78, 5) is 24.2. The fourth-order valence-electron chi connectivity index (χ4n) is 4.61. The summed E-state index contributed by atoms with van der Waals surface area (Å²) in [6.07, 6.45) is 4.96. The molecule has 2 saturated heterocycles. The standard InChI is InChI=1S/C20H30N4O2/c1-22-5-7-23(8-6-22)11-17-12-24(13-18(17)14-25)20(26)16-9-15-3-2-4-19(15)21-10-16/h9-10,17-18,25H,2-8,11-14H2,1H3/t17-,18-/m1/s1. The molecule has 6 nitrogen and oxygen atoms in total. The molecule has 1 aromatic heterocycles. The smallest absolute Gasteiger partial charge is 0.255 e. The highest BCUT2D eigenvalue weighted by molar-refractivity contribution is 5.94. The van der Waals surface area contributed by atoms with Crippen LogP contribution in [-0.4, -0.2) is 90.2 Å². The van der Waals surface area contributed by atoms with Crippen LogP contribution in [0.1, 0.15) is 28.0 Å². The van der Waals surface area contributed by atoms with Crippen molar-refractivity contribution in [3.05, 3.63) is 29.1 Å². The number of likely N-dealkylation sites (tertiary alicyclic amines) is 1. The van der Waals surface area contributed by atoms with Gasteiger partial charge in [0.15, 0.2) is 0 Å². The minimum atomic E-state index is 0.0755. The molecule has 2 fully saturated rings. The largest absolute Gasteiger partial charge is 0.396 e. The lowest BCUT2D eigenvalue weighted by atomic mass is 9.96. The molecule has 4 rings (SSSR count). The van der Waals surface area contributed by atoms with Gasteiger partial charge in [0.2, 0.25) is 0 Å². The summed E-state index contributed by atoms with van der Waals surface area (Å²) in [7, 11) is 2.16. The average Bonchev–Trinajstić information content (AvgIpc) is 3.29. The van der Waals surface area contributed by atoms with E-state index in [1.807, 2.05) is 11.0 Å². The van der Waals surface area contributed by atoms with Crippen molar-refractivity contribution in [1.29, 1.82) is 0 Å². The molecule has 1 N–H and O–H groups in total. The second-order valence-corrected chi connectivity index (χ2v) is 8.20. The number of aryl methyl sites for hydroxylation is 2. The molecule has 2 atom stereocenters. The molecule has 0 radical (unpaired) electrons. The molecule has 0 unspecified atom stereocenters. The number of piperazine rings is 1. The molecular formula is C20H30N4O2. The van der Waals surface area contributed by atoms with E-state index in [2.05, 4.69) is 21.8 Å². The SMILES string of the molecule is CN1CCN(C[C@@H]2CN(C(=O)c3cnc4c(c3)CCC4)C[C@@H]2CO)CC1. The molecule has 26 heavy (non-hydrogen) atoms. The molecule has 3 aliphatic rings. The Kier molecular flexibility index (Phi) is 5.25. The maximum Gasteiger partial charge on any atom is 0.255 e. The number of aliphatic hydroxyl groups is 1. The highest BCUT2D eigenvalue weighted by atomic mass is 16.3. The normalized spacial score (nSPS) is 27.1. The number of fused-ring (bicyclic) bond motifs is 1. The molecule has 2 aliphatic heterocycles. The lowest BCUT2D eigenvalue weighted by Crippen LogP contribution is -2.47. The number of carbonyl (C=O) groups excluding carboxylic acids is 1. The molecule has 0 bridgehead atoms. The van der Waals surface area contributed by atoms with Gasteiger partial charge in [0.25, 0.3) is 5.91 Å². The third-order valence-corrected chi connectivity index (χ3v) is 6.35. The van der Waals surface area contributed by atoms with Crippen molar-refractivity contribution in [2.75, 3.05) is 59.5 Å². The molecule has 1 aliphatic carbocycles. The van der Waals surface area contributed by atoms with Gasteiger partial charge in [-0.05, 0) is 43.9 Å². The number of hydrogen-bond donors (Lipinski definition) is 1. The topological polar surface area (TPSA) is 59.9 Å². The average molecular weight is 358 g/mol. The van der Waals surface area contributed by atoms with Crippen molar-refractivity contribution in [1.82, 2.24) is 19.7 Å². The van der Waals surface area contributed by atoms with E-state index in [-0.39, 0.29) is 18.4 Å². The van der Waals surface area contributed by atoms with Gasteiger partial charge in [-0.25, -0.2) is 0 Å². The number of likely N-dealkylation sites (N-methyl/N-ethyl adjacent to an activating group) is 1. The molecule has 0 saturated carbocycles. The van der Waals surface area contributed by atoms with Gasteiger partial charge in [0, 0.05) is 70.2 Å². The summed E-state index contributed by atoms with van der Waals surface area (Å²) in [6.45, 7) is 6.88. The number of pyridine rings is 1. The molecule has 1 amide bonds. The molecule has 0 aromatic carbocycles. The summed E-state index contributed by atoms with van der Waals surface area (Å²) in [5, 5.41) is 9.83. The summed E-state index contributed by atoms with van der Waals surface area (Å²) in [6, 6.07) is 2.04. The Morgan fingerprint density at radius 3 is 2.73 bits per heavy atom. The van der Waals surface area contributed by atoms with Gasteiger partial charge in [0.1, 0.15) is 0 Å². The highest BCUT2D eigenvalue weighted by Gasteiger charge is 2.36. The quantitative estimate of drug-likeness (QED) is 0.849. The molecule has 1 aromatic rings. The zero-order valence-electron chi connectivity index (χ0n) is 15.7. The zero-order chi connectivity index (χ0) is 18.1. The predicted octanol–water partition coefficient (Wildman–Crippen LogP) is 0.498. The van der Waals surface area contributed by atoms with E-state index in [0.29, 0.717) is 18.0 Å². The first-order valence-electron chi connectivity index (χ1n) is 9.93. The van der Waals surface area contributed by atoms with Crippen molar-refractivity contribution >= 4 is 5.91 Å². The minimum Gasteiger partial charge on any atom is -0.396 e. The van der Waals surface area contributed by atoms with Crippen LogP contribution in [0, 0.1) is 11.8 Å². The third kappa shape index (κ3) is 3.63. The number of nitrogens with zero attached hydrogens (tertiary/aromatic N) is 4. The monoisotopic (exact) mass is 358 g/mol. The van der Waals surface area contributed by atoms with Crippen molar-refractivity contribution in [3.8, 4) is 0 Å². The number of rotatable bonds is 4. The van der Waals surface area contributed by atoms with E-state index in [1.165, 1.54) is 5.56 Å². The molecular weight excluding hydrogens is 328 g/mol. The van der Waals surface area contributed by atoms with E-state index in [0.717, 1.165) is 64.2 Å². The first-order chi connectivity index (χ1) is 12.6. The van der Waals surface area contributed by atoms with Crippen LogP contribution in [0.25, 0.3) is 0 Å². The highest BCUT2D eigenvalue weighted by Crippen LogP contribution is 2.27. The van der Waals surface area contributed by atoms with Gasteiger partial charge >= 0.3 is 0 Å². The van der Waals surface area contributed by atoms with Gasteiger partial charge < -0.3 is 19.8 Å². The number of carbonyl (C=O) groups is 1. The number of amides is 1. The Bertz CT molecular complexity index is 657. The van der Waals surface area contributed by atoms with Crippen LogP contribution in [0.15, 0.2) is 12.3 Å². The van der Waals surface area contributed by atoms with Crippen molar-refractivity contribution in [2.45, 2.75) is 19.3 Å². The van der Waals surface area contributed by atoms with Crippen LogP contribution in [0.4, 0.5) is 0 Å². The molecule has 6 heteroatoms. The van der Waals surface area contributed by atoms with Crippen LogP contribution in [0.3, 0.4) is 0 Å². The fourth-order valence-corrected chi connectivity index (χ4v) is 4.61. The Labute approximate surface area is 155 Å². The third-order valence-electron chi connectivity index (χ3n) is 6.35. The Morgan fingerprint density at radius 1 is 1.19 bits per heavy atom. The Hall–Kier alpha value is -1.50. The minimum absolute atomic E-state index is 0.0755. The van der Waals surface area contributed by atoms with Gasteiger partial charge in [-0.1, -0.05) is 0 Å². The molecule has 142 valence electrons. The first kappa shape index (κ1) is 17.9. The second-order valence-electron chi connectivity index (χ2n) is 8.20. The number of aliphatic hydroxyl groups excluding tert-OH is 1. The second kappa shape index (κ2) is 7.62. The number of aromatic nitrogens is 1. The van der Waals surface area contributed by atoms with Crippen LogP contribution in [-0.2, 0) is 12.8 Å². The van der Waals surface area contributed by atoms with E-state index in [4.69, 9.17) is 0 Å². The first-order valence-corrected chi connectivity index (χ1v) is 9.93. The zero-order valence-corrected chi connectivity index (χ0v) is 15.7. The molecule has 0 spiro atoms. The molecule has 3 heterocycles. The maximum absolute atomic E-state index is 13.0.